The number of aromatic amines is 1. The standard InChI is InChI=1S/C7H7Cl2NO4S/c1-3-6(15(9,12)13)4(8)5(10-3)7(11)14-2/h10H,1-2H3. The molecule has 0 aromatic carbocycles. The van der Waals surface area contributed by atoms with Gasteiger partial charge in [-0.25, -0.2) is 13.2 Å². The first-order valence-corrected chi connectivity index (χ1v) is 6.38. The highest BCUT2D eigenvalue weighted by molar-refractivity contribution is 8.13. The third-order valence-electron chi connectivity index (χ3n) is 1.71. The molecular formula is C7H7Cl2NO4S. The lowest BCUT2D eigenvalue weighted by Crippen LogP contribution is -2.02. The van der Waals surface area contributed by atoms with Gasteiger partial charge in [0.1, 0.15) is 10.6 Å². The number of ether oxygens (including phenoxy) is 1. The number of carbonyl (C=O) groups is 1. The molecule has 1 heterocycles. The highest BCUT2D eigenvalue weighted by atomic mass is 35.7. The first kappa shape index (κ1) is 12.4. The van der Waals surface area contributed by atoms with Crippen molar-refractivity contribution in [3.8, 4) is 0 Å². The largest absolute Gasteiger partial charge is 0.464 e. The Morgan fingerprint density at radius 3 is 2.33 bits per heavy atom. The molecule has 0 aliphatic heterocycles. The van der Waals surface area contributed by atoms with E-state index in [2.05, 4.69) is 9.72 Å². The van der Waals surface area contributed by atoms with Gasteiger partial charge in [0, 0.05) is 16.4 Å². The summed E-state index contributed by atoms with van der Waals surface area (Å²) in [5.74, 6) is -0.755. The van der Waals surface area contributed by atoms with Crippen LogP contribution in [-0.4, -0.2) is 26.5 Å². The molecule has 0 fully saturated rings. The van der Waals surface area contributed by atoms with Crippen LogP contribution in [0.5, 0.6) is 0 Å². The molecule has 0 aliphatic rings. The summed E-state index contributed by atoms with van der Waals surface area (Å²) in [7, 11) is 2.32. The van der Waals surface area contributed by atoms with Gasteiger partial charge in [-0.1, -0.05) is 11.6 Å². The van der Waals surface area contributed by atoms with Crippen LogP contribution in [0.25, 0.3) is 0 Å². The Labute approximate surface area is 95.7 Å². The number of hydrogen-bond donors (Lipinski definition) is 1. The van der Waals surface area contributed by atoms with Gasteiger partial charge in [-0.3, -0.25) is 0 Å². The number of halogens is 2. The minimum Gasteiger partial charge on any atom is -0.464 e. The monoisotopic (exact) mass is 271 g/mol. The molecule has 1 aromatic heterocycles. The summed E-state index contributed by atoms with van der Waals surface area (Å²) in [6.07, 6.45) is 0. The van der Waals surface area contributed by atoms with Crippen LogP contribution >= 0.6 is 22.3 Å². The Kier molecular flexibility index (Phi) is 3.32. The molecule has 0 atom stereocenters. The number of carbonyl (C=O) groups excluding carboxylic acids is 1. The van der Waals surface area contributed by atoms with Crippen LogP contribution < -0.4 is 0 Å². The lowest BCUT2D eigenvalue weighted by molar-refractivity contribution is 0.0595. The van der Waals surface area contributed by atoms with Crippen LogP contribution in [0.4, 0.5) is 0 Å². The molecule has 0 saturated heterocycles. The molecule has 0 saturated carbocycles. The number of esters is 1. The Morgan fingerprint density at radius 2 is 2.00 bits per heavy atom. The molecule has 84 valence electrons. The molecule has 0 unspecified atom stereocenters. The zero-order valence-corrected chi connectivity index (χ0v) is 10.1. The first-order chi connectivity index (χ1) is 6.79. The van der Waals surface area contributed by atoms with Crippen LogP contribution in [-0.2, 0) is 13.8 Å². The van der Waals surface area contributed by atoms with Gasteiger partial charge in [-0.15, -0.1) is 0 Å². The summed E-state index contributed by atoms with van der Waals surface area (Å²) in [6.45, 7) is 1.44. The molecule has 0 radical (unpaired) electrons. The van der Waals surface area contributed by atoms with Crippen molar-refractivity contribution >= 4 is 37.3 Å². The van der Waals surface area contributed by atoms with E-state index in [0.29, 0.717) is 0 Å². The second-order valence-electron chi connectivity index (χ2n) is 2.70. The molecule has 0 amide bonds. The summed E-state index contributed by atoms with van der Waals surface area (Å²) in [5.41, 5.74) is 0.0614. The summed E-state index contributed by atoms with van der Waals surface area (Å²) in [5, 5.41) is -0.255. The third kappa shape index (κ3) is 2.27. The fourth-order valence-electron chi connectivity index (χ4n) is 1.11. The van der Waals surface area contributed by atoms with Crippen LogP contribution in [0.2, 0.25) is 5.02 Å². The molecule has 8 heteroatoms. The van der Waals surface area contributed by atoms with Crippen molar-refractivity contribution in [2.75, 3.05) is 7.11 Å². The molecule has 5 nitrogen and oxygen atoms in total. The summed E-state index contributed by atoms with van der Waals surface area (Å²) in [4.78, 5) is 13.4. The smallest absolute Gasteiger partial charge is 0.356 e. The summed E-state index contributed by atoms with van der Waals surface area (Å²) < 4.78 is 26.6. The maximum Gasteiger partial charge on any atom is 0.356 e. The number of rotatable bonds is 2. The first-order valence-electron chi connectivity index (χ1n) is 3.70. The lowest BCUT2D eigenvalue weighted by atomic mass is 10.4. The number of aryl methyl sites for hydroxylation is 1. The van der Waals surface area contributed by atoms with Crippen molar-refractivity contribution in [3.63, 3.8) is 0 Å². The average Bonchev–Trinajstić information content (AvgIpc) is 2.39. The zero-order valence-electron chi connectivity index (χ0n) is 7.80. The predicted molar refractivity (Wildman–Crippen MR) is 54.9 cm³/mol. The summed E-state index contributed by atoms with van der Waals surface area (Å²) in [6, 6.07) is 0. The van der Waals surface area contributed by atoms with Gasteiger partial charge in [-0.05, 0) is 6.92 Å². The number of hydrogen-bond acceptors (Lipinski definition) is 4. The van der Waals surface area contributed by atoms with Crippen LogP contribution in [0.1, 0.15) is 16.2 Å². The topological polar surface area (TPSA) is 76.2 Å². The van der Waals surface area contributed by atoms with Crippen molar-refractivity contribution in [2.45, 2.75) is 11.8 Å². The molecule has 15 heavy (non-hydrogen) atoms. The maximum atomic E-state index is 11.2. The van der Waals surface area contributed by atoms with E-state index < -0.39 is 15.0 Å². The van der Waals surface area contributed by atoms with Crippen molar-refractivity contribution in [1.82, 2.24) is 4.98 Å². The van der Waals surface area contributed by atoms with E-state index in [4.69, 9.17) is 22.3 Å². The van der Waals surface area contributed by atoms with E-state index >= 15 is 0 Å². The summed E-state index contributed by atoms with van der Waals surface area (Å²) >= 11 is 5.69. The van der Waals surface area contributed by atoms with Crippen molar-refractivity contribution in [3.05, 3.63) is 16.4 Å². The molecule has 1 rings (SSSR count). The normalized spacial score (nSPS) is 11.5. The second kappa shape index (κ2) is 4.03. The predicted octanol–water partition coefficient (Wildman–Crippen LogP) is 1.69. The lowest BCUT2D eigenvalue weighted by Gasteiger charge is -1.96. The van der Waals surface area contributed by atoms with Gasteiger partial charge in [0.15, 0.2) is 0 Å². The highest BCUT2D eigenvalue weighted by Crippen LogP contribution is 2.31. The molecule has 0 bridgehead atoms. The number of nitrogens with one attached hydrogen (secondary N) is 1. The SMILES string of the molecule is COC(=O)c1[nH]c(C)c(S(=O)(=O)Cl)c1Cl. The van der Waals surface area contributed by atoms with Gasteiger partial charge in [0.2, 0.25) is 0 Å². The molecule has 0 spiro atoms. The van der Waals surface area contributed by atoms with Crippen molar-refractivity contribution < 1.29 is 17.9 Å². The fraction of sp³-hybridized carbons (Fsp3) is 0.286. The van der Waals surface area contributed by atoms with Gasteiger partial charge >= 0.3 is 5.97 Å². The van der Waals surface area contributed by atoms with E-state index in [9.17, 15) is 13.2 Å². The van der Waals surface area contributed by atoms with Crippen LogP contribution in [0, 0.1) is 6.92 Å². The maximum absolute atomic E-state index is 11.2. The second-order valence-corrected chi connectivity index (χ2v) is 5.58. The van der Waals surface area contributed by atoms with Gasteiger partial charge in [0.05, 0.1) is 12.1 Å². The minimum absolute atomic E-state index is 0.129. The third-order valence-corrected chi connectivity index (χ3v) is 3.66. The molecule has 0 aliphatic carbocycles. The van der Waals surface area contributed by atoms with Crippen molar-refractivity contribution in [2.24, 2.45) is 0 Å². The Morgan fingerprint density at radius 1 is 1.47 bits per heavy atom. The Bertz CT molecular complexity index is 505. The number of methoxy groups -OCH3 is 1. The number of aromatic nitrogens is 1. The average molecular weight is 272 g/mol. The van der Waals surface area contributed by atoms with Gasteiger partial charge < -0.3 is 9.72 Å². The van der Waals surface area contributed by atoms with E-state index in [1.54, 1.807) is 0 Å². The Balaban J connectivity index is 3.47. The van der Waals surface area contributed by atoms with Gasteiger partial charge in [-0.2, -0.15) is 0 Å². The van der Waals surface area contributed by atoms with E-state index in [1.165, 1.54) is 6.92 Å². The van der Waals surface area contributed by atoms with Crippen LogP contribution in [0.15, 0.2) is 4.90 Å². The Hall–Kier alpha value is -0.720. The quantitative estimate of drug-likeness (QED) is 0.656. The van der Waals surface area contributed by atoms with Crippen molar-refractivity contribution in [1.29, 1.82) is 0 Å². The number of H-pyrrole nitrogens is 1. The fourth-order valence-corrected chi connectivity index (χ4v) is 3.11. The van der Waals surface area contributed by atoms with E-state index in [0.717, 1.165) is 7.11 Å². The molecule has 1 aromatic rings. The minimum atomic E-state index is -3.98. The highest BCUT2D eigenvalue weighted by Gasteiger charge is 2.26. The van der Waals surface area contributed by atoms with Gasteiger partial charge in [0.25, 0.3) is 9.05 Å². The molecular weight excluding hydrogens is 265 g/mol. The van der Waals surface area contributed by atoms with E-state index in [1.807, 2.05) is 0 Å². The van der Waals surface area contributed by atoms with Crippen LogP contribution in [0.3, 0.4) is 0 Å². The zero-order chi connectivity index (χ0) is 11.8. The molecule has 1 N–H and O–H groups in total. The van der Waals surface area contributed by atoms with E-state index in [-0.39, 0.29) is 21.3 Å².